The highest BCUT2D eigenvalue weighted by Gasteiger charge is 2.74. The fraction of sp³-hybridized carbons (Fsp3) is 0.500. The number of phenolic OH excluding ortho intramolecular Hbond substituents is 1. The van der Waals surface area contributed by atoms with Crippen LogP contribution < -0.4 is 4.74 Å². The van der Waals surface area contributed by atoms with E-state index in [9.17, 15) is 5.11 Å². The molecule has 0 amide bonds. The number of likely N-dealkylation sites (tertiary alicyclic amines) is 1. The van der Waals surface area contributed by atoms with E-state index in [0.717, 1.165) is 31.7 Å². The van der Waals surface area contributed by atoms with Gasteiger partial charge < -0.3 is 19.1 Å². The Labute approximate surface area is 206 Å². The van der Waals surface area contributed by atoms with Crippen LogP contribution >= 0.6 is 12.4 Å². The van der Waals surface area contributed by atoms with Gasteiger partial charge in [-0.05, 0) is 61.4 Å². The summed E-state index contributed by atoms with van der Waals surface area (Å²) in [4.78, 5) is 2.74. The molecule has 2 bridgehead atoms. The topological polar surface area (TPSA) is 46.9 Å². The van der Waals surface area contributed by atoms with Gasteiger partial charge >= 0.3 is 0 Å². The number of methoxy groups -OCH3 is 1. The van der Waals surface area contributed by atoms with Crippen LogP contribution in [0.15, 0.2) is 36.4 Å². The molecule has 3 aromatic rings. The summed E-state index contributed by atoms with van der Waals surface area (Å²) in [5, 5.41) is 12.2. The van der Waals surface area contributed by atoms with Crippen molar-refractivity contribution in [3.63, 3.8) is 0 Å². The summed E-state index contributed by atoms with van der Waals surface area (Å²) in [5.41, 5.74) is 5.80. The van der Waals surface area contributed by atoms with E-state index in [1.165, 1.54) is 52.7 Å². The fourth-order valence-electron chi connectivity index (χ4n) is 8.29. The molecule has 6 heteroatoms. The number of fused-ring (bicyclic) bond motifs is 4. The zero-order valence-corrected chi connectivity index (χ0v) is 20.5. The first-order valence-corrected chi connectivity index (χ1v) is 12.5. The number of hydrogen-bond donors (Lipinski definition) is 1. The second-order valence-corrected chi connectivity index (χ2v) is 11.0. The molecule has 5 aliphatic rings. The largest absolute Gasteiger partial charge is 0.504 e. The number of para-hydroxylation sites is 1. The van der Waals surface area contributed by atoms with Crippen LogP contribution in [-0.4, -0.2) is 46.4 Å². The average molecular weight is 479 g/mol. The van der Waals surface area contributed by atoms with E-state index in [1.54, 1.807) is 0 Å². The van der Waals surface area contributed by atoms with Gasteiger partial charge in [0.2, 0.25) is 0 Å². The molecule has 1 N–H and O–H groups in total. The van der Waals surface area contributed by atoms with Gasteiger partial charge in [0.05, 0.1) is 11.1 Å². The van der Waals surface area contributed by atoms with Crippen molar-refractivity contribution in [3.05, 3.63) is 58.8 Å². The molecule has 2 fully saturated rings. The standard InChI is InChI=1S/C28H30N2O3.ClH/c1-29-20-6-4-3-5-18(20)19-14-28(32-2)22-13-17-9-10-21(31)25-23(17)27(28,26(33-25)24(19)29)11-12-30(22)15-16-7-8-16;/h3-6,9-10,16,22,26,31H,7-8,11-15H2,1-2H3;1H/t22-,26+,27+,28-;/m1./s1. The third kappa shape index (κ3) is 2.21. The van der Waals surface area contributed by atoms with Gasteiger partial charge in [-0.2, -0.15) is 0 Å². The minimum absolute atomic E-state index is 0. The number of phenols is 1. The van der Waals surface area contributed by atoms with Crippen LogP contribution in [0, 0.1) is 5.92 Å². The van der Waals surface area contributed by atoms with E-state index in [0.29, 0.717) is 11.8 Å². The number of nitrogens with zero attached hydrogens (tertiary/aromatic N) is 2. The molecular weight excluding hydrogens is 448 g/mol. The van der Waals surface area contributed by atoms with Crippen LogP contribution in [-0.2, 0) is 30.0 Å². The lowest BCUT2D eigenvalue weighted by atomic mass is 9.48. The number of halogens is 1. The summed E-state index contributed by atoms with van der Waals surface area (Å²) >= 11 is 0. The number of aromatic nitrogens is 1. The van der Waals surface area contributed by atoms with Crippen LogP contribution in [0.2, 0.25) is 0 Å². The minimum Gasteiger partial charge on any atom is -0.504 e. The Morgan fingerprint density at radius 1 is 1.18 bits per heavy atom. The highest BCUT2D eigenvalue weighted by Crippen LogP contribution is 2.70. The molecular formula is C28H31ClN2O3. The lowest BCUT2D eigenvalue weighted by Crippen LogP contribution is -2.75. The summed E-state index contributed by atoms with van der Waals surface area (Å²) in [7, 11) is 4.10. The number of ether oxygens (including phenoxy) is 2. The van der Waals surface area contributed by atoms with Gasteiger partial charge in [0.15, 0.2) is 17.6 Å². The van der Waals surface area contributed by atoms with Gasteiger partial charge in [-0.1, -0.05) is 24.3 Å². The molecule has 178 valence electrons. The van der Waals surface area contributed by atoms with Gasteiger partial charge in [-0.3, -0.25) is 4.90 Å². The van der Waals surface area contributed by atoms with Crippen molar-refractivity contribution in [1.82, 2.24) is 9.47 Å². The molecule has 4 atom stereocenters. The monoisotopic (exact) mass is 478 g/mol. The lowest BCUT2D eigenvalue weighted by Gasteiger charge is -2.64. The van der Waals surface area contributed by atoms with E-state index >= 15 is 0 Å². The average Bonchev–Trinajstić information content (AvgIpc) is 3.52. The Hall–Kier alpha value is -2.21. The summed E-state index contributed by atoms with van der Waals surface area (Å²) in [6.07, 6.45) is 5.43. The number of rotatable bonds is 3. The SMILES string of the molecule is CO[C@@]12Cc3c(n(C)c4ccccc34)[C@@H]3Oc4c(O)ccc5c4[C@@]31CCN(CC1CC1)[C@@H]2C5.Cl. The Morgan fingerprint density at radius 2 is 2.00 bits per heavy atom. The molecule has 34 heavy (non-hydrogen) atoms. The molecule has 1 aromatic heterocycles. The Kier molecular flexibility index (Phi) is 4.17. The van der Waals surface area contributed by atoms with Gasteiger partial charge in [-0.25, -0.2) is 0 Å². The smallest absolute Gasteiger partial charge is 0.166 e. The van der Waals surface area contributed by atoms with Gasteiger partial charge in [-0.15, -0.1) is 12.4 Å². The van der Waals surface area contributed by atoms with Gasteiger partial charge in [0, 0.05) is 49.6 Å². The molecule has 3 aliphatic carbocycles. The van der Waals surface area contributed by atoms with Crippen LogP contribution in [0.4, 0.5) is 0 Å². The van der Waals surface area contributed by atoms with Crippen LogP contribution in [0.5, 0.6) is 11.5 Å². The zero-order chi connectivity index (χ0) is 22.1. The maximum absolute atomic E-state index is 10.9. The van der Waals surface area contributed by atoms with Gasteiger partial charge in [0.25, 0.3) is 0 Å². The number of piperidine rings is 1. The maximum atomic E-state index is 10.9. The van der Waals surface area contributed by atoms with E-state index in [-0.39, 0.29) is 35.3 Å². The Morgan fingerprint density at radius 3 is 2.79 bits per heavy atom. The van der Waals surface area contributed by atoms with Crippen molar-refractivity contribution < 1.29 is 14.6 Å². The van der Waals surface area contributed by atoms with Crippen molar-refractivity contribution in [2.24, 2.45) is 13.0 Å². The van der Waals surface area contributed by atoms with Gasteiger partial charge in [0.1, 0.15) is 5.60 Å². The maximum Gasteiger partial charge on any atom is 0.166 e. The van der Waals surface area contributed by atoms with E-state index in [4.69, 9.17) is 9.47 Å². The first-order chi connectivity index (χ1) is 16.1. The molecule has 3 heterocycles. The van der Waals surface area contributed by atoms with Crippen LogP contribution in [0.3, 0.4) is 0 Å². The molecule has 0 unspecified atom stereocenters. The molecule has 1 saturated carbocycles. The van der Waals surface area contributed by atoms with Crippen molar-refractivity contribution in [1.29, 1.82) is 0 Å². The number of aromatic hydroxyl groups is 1. The quantitative estimate of drug-likeness (QED) is 0.594. The van der Waals surface area contributed by atoms with Crippen molar-refractivity contribution in [3.8, 4) is 11.5 Å². The van der Waals surface area contributed by atoms with Crippen LogP contribution in [0.1, 0.15) is 47.8 Å². The lowest BCUT2D eigenvalue weighted by molar-refractivity contribution is -0.191. The minimum atomic E-state index is -0.367. The third-order valence-electron chi connectivity index (χ3n) is 9.80. The second-order valence-electron chi connectivity index (χ2n) is 11.0. The van der Waals surface area contributed by atoms with Crippen LogP contribution in [0.25, 0.3) is 10.9 Å². The number of hydrogen-bond acceptors (Lipinski definition) is 4. The van der Waals surface area contributed by atoms with Crippen molar-refractivity contribution in [2.75, 3.05) is 20.2 Å². The summed E-state index contributed by atoms with van der Waals surface area (Å²) < 4.78 is 15.9. The Balaban J connectivity index is 0.00000200. The third-order valence-corrected chi connectivity index (χ3v) is 9.80. The Bertz CT molecular complexity index is 1350. The molecule has 0 radical (unpaired) electrons. The van der Waals surface area contributed by atoms with Crippen molar-refractivity contribution in [2.45, 2.75) is 55.3 Å². The van der Waals surface area contributed by atoms with Crippen molar-refractivity contribution >= 4 is 23.3 Å². The van der Waals surface area contributed by atoms with E-state index in [2.05, 4.69) is 46.8 Å². The van der Waals surface area contributed by atoms with E-state index in [1.807, 2.05) is 13.2 Å². The molecule has 1 saturated heterocycles. The predicted octanol–water partition coefficient (Wildman–Crippen LogP) is 4.66. The van der Waals surface area contributed by atoms with E-state index < -0.39 is 0 Å². The fourth-order valence-corrected chi connectivity index (χ4v) is 8.29. The first-order valence-electron chi connectivity index (χ1n) is 12.5. The predicted molar refractivity (Wildman–Crippen MR) is 133 cm³/mol. The molecule has 2 aromatic carbocycles. The highest BCUT2D eigenvalue weighted by molar-refractivity contribution is 5.87. The highest BCUT2D eigenvalue weighted by atomic mass is 35.5. The first kappa shape index (κ1) is 21.1. The molecule has 1 spiro atoms. The molecule has 8 rings (SSSR count). The summed E-state index contributed by atoms with van der Waals surface area (Å²) in [6.45, 7) is 2.25. The molecule has 2 aliphatic heterocycles. The second kappa shape index (κ2) is 6.71. The summed E-state index contributed by atoms with van der Waals surface area (Å²) in [6, 6.07) is 13.0. The zero-order valence-electron chi connectivity index (χ0n) is 19.7. The molecule has 5 nitrogen and oxygen atoms in total. The summed E-state index contributed by atoms with van der Waals surface area (Å²) in [5.74, 6) is 1.81. The number of benzene rings is 2. The number of aryl methyl sites for hydroxylation is 1. The normalized spacial score (nSPS) is 32.6.